The van der Waals surface area contributed by atoms with Gasteiger partial charge in [-0.1, -0.05) is 28.9 Å². The normalized spacial score (nSPS) is 16.2. The lowest BCUT2D eigenvalue weighted by Gasteiger charge is -2.25. The Bertz CT molecular complexity index is 1020. The number of fused-ring (bicyclic) bond motifs is 1. The van der Waals surface area contributed by atoms with Crippen LogP contribution in [0.5, 0.6) is 0 Å². The number of aryl methyl sites for hydroxylation is 1. The highest BCUT2D eigenvalue weighted by Crippen LogP contribution is 2.41. The van der Waals surface area contributed by atoms with Gasteiger partial charge in [-0.3, -0.25) is 9.36 Å². The molecule has 0 unspecified atom stereocenters. The van der Waals surface area contributed by atoms with E-state index in [0.717, 1.165) is 5.56 Å². The van der Waals surface area contributed by atoms with E-state index in [1.165, 1.54) is 6.20 Å². The van der Waals surface area contributed by atoms with Gasteiger partial charge in [0.15, 0.2) is 5.82 Å². The number of halogens is 1. The molecule has 1 aliphatic rings. The summed E-state index contributed by atoms with van der Waals surface area (Å²) in [6, 6.07) is 8.87. The third-order valence-electron chi connectivity index (χ3n) is 4.39. The molecule has 132 valence electrons. The molecule has 1 amide bonds. The molecule has 0 bridgehead atoms. The summed E-state index contributed by atoms with van der Waals surface area (Å²) in [7, 11) is 0. The SMILES string of the molecule is Cc1cc(-n2cc(C(=O)O)c3c2[C@@H](c2ccc(Cl)cc2)CC(=O)N3)no1. The summed E-state index contributed by atoms with van der Waals surface area (Å²) in [5.74, 6) is -0.643. The predicted molar refractivity (Wildman–Crippen MR) is 94.1 cm³/mol. The molecule has 2 aromatic heterocycles. The van der Waals surface area contributed by atoms with Crippen molar-refractivity contribution in [2.24, 2.45) is 0 Å². The number of nitrogens with one attached hydrogen (secondary N) is 1. The molecule has 7 nitrogen and oxygen atoms in total. The number of rotatable bonds is 3. The minimum Gasteiger partial charge on any atom is -0.478 e. The van der Waals surface area contributed by atoms with Gasteiger partial charge in [-0.15, -0.1) is 0 Å². The van der Waals surface area contributed by atoms with Crippen LogP contribution in [0.1, 0.15) is 39.7 Å². The first-order valence-electron chi connectivity index (χ1n) is 7.91. The van der Waals surface area contributed by atoms with Crippen LogP contribution in [-0.2, 0) is 4.79 Å². The molecule has 0 aliphatic carbocycles. The topological polar surface area (TPSA) is 97.4 Å². The monoisotopic (exact) mass is 371 g/mol. The molecule has 1 aromatic carbocycles. The van der Waals surface area contributed by atoms with Crippen molar-refractivity contribution in [3.63, 3.8) is 0 Å². The van der Waals surface area contributed by atoms with Crippen LogP contribution >= 0.6 is 11.6 Å². The quantitative estimate of drug-likeness (QED) is 0.733. The van der Waals surface area contributed by atoms with Gasteiger partial charge < -0.3 is 14.9 Å². The molecule has 0 radical (unpaired) electrons. The number of aromatic carboxylic acids is 1. The number of carbonyl (C=O) groups excluding carboxylic acids is 1. The van der Waals surface area contributed by atoms with E-state index < -0.39 is 5.97 Å². The molecule has 0 saturated carbocycles. The number of benzene rings is 1. The first kappa shape index (κ1) is 16.4. The molecule has 0 spiro atoms. The van der Waals surface area contributed by atoms with Crippen molar-refractivity contribution in [1.29, 1.82) is 0 Å². The summed E-state index contributed by atoms with van der Waals surface area (Å²) >= 11 is 5.97. The molecule has 1 atom stereocenters. The van der Waals surface area contributed by atoms with E-state index in [-0.39, 0.29) is 29.5 Å². The van der Waals surface area contributed by atoms with E-state index in [1.807, 2.05) is 12.1 Å². The van der Waals surface area contributed by atoms with E-state index >= 15 is 0 Å². The molecule has 0 saturated heterocycles. The first-order chi connectivity index (χ1) is 12.4. The maximum atomic E-state index is 12.2. The minimum absolute atomic E-state index is 0.00710. The first-order valence-corrected chi connectivity index (χ1v) is 8.29. The van der Waals surface area contributed by atoms with Gasteiger partial charge in [-0.25, -0.2) is 4.79 Å². The van der Waals surface area contributed by atoms with Gasteiger partial charge in [0.25, 0.3) is 0 Å². The maximum Gasteiger partial charge on any atom is 0.339 e. The van der Waals surface area contributed by atoms with Crippen molar-refractivity contribution in [3.8, 4) is 5.82 Å². The fourth-order valence-corrected chi connectivity index (χ4v) is 3.38. The van der Waals surface area contributed by atoms with Crippen molar-refractivity contribution in [2.45, 2.75) is 19.3 Å². The van der Waals surface area contributed by atoms with E-state index in [4.69, 9.17) is 16.1 Å². The van der Waals surface area contributed by atoms with Gasteiger partial charge in [0.2, 0.25) is 5.91 Å². The van der Waals surface area contributed by atoms with E-state index in [2.05, 4.69) is 10.5 Å². The summed E-state index contributed by atoms with van der Waals surface area (Å²) < 4.78 is 6.80. The smallest absolute Gasteiger partial charge is 0.339 e. The Hall–Kier alpha value is -3.06. The molecule has 0 fully saturated rings. The van der Waals surface area contributed by atoms with Crippen LogP contribution in [0.4, 0.5) is 5.69 Å². The number of carboxylic acids is 1. The van der Waals surface area contributed by atoms with Crippen LogP contribution in [0.25, 0.3) is 5.82 Å². The van der Waals surface area contributed by atoms with Crippen molar-refractivity contribution >= 4 is 29.2 Å². The third kappa shape index (κ3) is 2.66. The lowest BCUT2D eigenvalue weighted by atomic mass is 9.88. The van der Waals surface area contributed by atoms with E-state index in [0.29, 0.717) is 22.3 Å². The van der Waals surface area contributed by atoms with E-state index in [9.17, 15) is 14.7 Å². The zero-order valence-corrected chi connectivity index (χ0v) is 14.4. The summed E-state index contributed by atoms with van der Waals surface area (Å²) in [5.41, 5.74) is 1.81. The van der Waals surface area contributed by atoms with Crippen LogP contribution in [0.3, 0.4) is 0 Å². The molecule has 8 heteroatoms. The summed E-state index contributed by atoms with van der Waals surface area (Å²) in [6.07, 6.45) is 1.65. The summed E-state index contributed by atoms with van der Waals surface area (Å²) in [4.78, 5) is 23.9. The Morgan fingerprint density at radius 3 is 2.73 bits per heavy atom. The fourth-order valence-electron chi connectivity index (χ4n) is 3.26. The maximum absolute atomic E-state index is 12.2. The standard InChI is InChI=1S/C18H14ClN3O4/c1-9-6-14(21-26-9)22-8-13(18(24)25)16-17(22)12(7-15(23)20-16)10-2-4-11(19)5-3-10/h2-6,8,12H,7H2,1H3,(H,20,23)(H,24,25)/t12-/m1/s1. The fraction of sp³-hybridized carbons (Fsp3) is 0.167. The number of carbonyl (C=O) groups is 2. The zero-order chi connectivity index (χ0) is 18.4. The van der Waals surface area contributed by atoms with Crippen LogP contribution in [-0.4, -0.2) is 26.7 Å². The molecular formula is C18H14ClN3O4. The number of anilines is 1. The molecule has 1 aliphatic heterocycles. The van der Waals surface area contributed by atoms with Crippen LogP contribution in [0, 0.1) is 6.92 Å². The van der Waals surface area contributed by atoms with Gasteiger partial charge in [-0.2, -0.15) is 0 Å². The molecule has 3 heterocycles. The van der Waals surface area contributed by atoms with Crippen LogP contribution in [0.15, 0.2) is 41.1 Å². The molecule has 4 rings (SSSR count). The Kier molecular flexibility index (Phi) is 3.81. The number of hydrogen-bond donors (Lipinski definition) is 2. The Morgan fingerprint density at radius 2 is 2.12 bits per heavy atom. The van der Waals surface area contributed by atoms with Crippen LogP contribution < -0.4 is 5.32 Å². The second-order valence-corrected chi connectivity index (χ2v) is 6.57. The molecule has 26 heavy (non-hydrogen) atoms. The van der Waals surface area contributed by atoms with Gasteiger partial charge in [0.1, 0.15) is 11.3 Å². The Balaban J connectivity index is 1.96. The van der Waals surface area contributed by atoms with Gasteiger partial charge in [0, 0.05) is 29.6 Å². The Morgan fingerprint density at radius 1 is 1.38 bits per heavy atom. The van der Waals surface area contributed by atoms with Crippen molar-refractivity contribution in [3.05, 3.63) is 64.1 Å². The van der Waals surface area contributed by atoms with Gasteiger partial charge in [0.05, 0.1) is 11.4 Å². The third-order valence-corrected chi connectivity index (χ3v) is 4.64. The second kappa shape index (κ2) is 6.03. The zero-order valence-electron chi connectivity index (χ0n) is 13.7. The number of carboxylic acid groups (broad SMARTS) is 1. The summed E-state index contributed by atoms with van der Waals surface area (Å²) in [6.45, 7) is 1.75. The number of aromatic nitrogens is 2. The van der Waals surface area contributed by atoms with Gasteiger partial charge >= 0.3 is 5.97 Å². The average Bonchev–Trinajstić information content (AvgIpc) is 3.18. The highest BCUT2D eigenvalue weighted by atomic mass is 35.5. The molecule has 2 N–H and O–H groups in total. The largest absolute Gasteiger partial charge is 0.478 e. The summed E-state index contributed by atoms with van der Waals surface area (Å²) in [5, 5.41) is 16.8. The number of amides is 1. The second-order valence-electron chi connectivity index (χ2n) is 6.13. The lowest BCUT2D eigenvalue weighted by Crippen LogP contribution is -2.25. The highest BCUT2D eigenvalue weighted by molar-refractivity contribution is 6.30. The van der Waals surface area contributed by atoms with Crippen LogP contribution in [0.2, 0.25) is 5.02 Å². The number of nitrogens with zero attached hydrogens (tertiary/aromatic N) is 2. The van der Waals surface area contributed by atoms with Crippen molar-refractivity contribution < 1.29 is 19.2 Å². The molecule has 3 aromatic rings. The Labute approximate surface area is 153 Å². The number of hydrogen-bond acceptors (Lipinski definition) is 4. The average molecular weight is 372 g/mol. The lowest BCUT2D eigenvalue weighted by molar-refractivity contribution is -0.116. The molecular weight excluding hydrogens is 358 g/mol. The predicted octanol–water partition coefficient (Wildman–Crippen LogP) is 3.60. The van der Waals surface area contributed by atoms with Gasteiger partial charge in [-0.05, 0) is 24.6 Å². The highest BCUT2D eigenvalue weighted by Gasteiger charge is 2.34. The minimum atomic E-state index is -1.13. The van der Waals surface area contributed by atoms with Crippen molar-refractivity contribution in [2.75, 3.05) is 5.32 Å². The van der Waals surface area contributed by atoms with Crippen molar-refractivity contribution in [1.82, 2.24) is 9.72 Å². The van der Waals surface area contributed by atoms with E-state index in [1.54, 1.807) is 29.7 Å².